The van der Waals surface area contributed by atoms with Gasteiger partial charge in [-0.1, -0.05) is 18.2 Å². The van der Waals surface area contributed by atoms with Crippen molar-refractivity contribution in [3.05, 3.63) is 42.1 Å². The van der Waals surface area contributed by atoms with Gasteiger partial charge in [0.1, 0.15) is 0 Å². The number of nitrogens with zero attached hydrogens (tertiary/aromatic N) is 1. The van der Waals surface area contributed by atoms with E-state index in [4.69, 9.17) is 5.73 Å². The van der Waals surface area contributed by atoms with E-state index in [1.165, 1.54) is 10.9 Å². The van der Waals surface area contributed by atoms with Crippen molar-refractivity contribution in [3.63, 3.8) is 0 Å². The first-order chi connectivity index (χ1) is 7.81. The van der Waals surface area contributed by atoms with Gasteiger partial charge in [-0.15, -0.1) is 0 Å². The molecule has 0 aliphatic rings. The summed E-state index contributed by atoms with van der Waals surface area (Å²) in [5.74, 6) is 0. The van der Waals surface area contributed by atoms with Crippen LogP contribution >= 0.6 is 0 Å². The maximum atomic E-state index is 5.57. The molecule has 0 saturated carbocycles. The van der Waals surface area contributed by atoms with Crippen LogP contribution in [-0.2, 0) is 6.54 Å². The van der Waals surface area contributed by atoms with E-state index in [1.807, 2.05) is 24.4 Å². The maximum Gasteiger partial charge on any atom is 0.0705 e. The molecule has 2 aromatic rings. The van der Waals surface area contributed by atoms with Gasteiger partial charge in [-0.2, -0.15) is 0 Å². The van der Waals surface area contributed by atoms with Gasteiger partial charge in [0.2, 0.25) is 0 Å². The first-order valence-electron chi connectivity index (χ1n) is 5.57. The maximum absolute atomic E-state index is 5.57. The number of nitrogens with two attached hydrogens (primary N) is 1. The SMILES string of the molecule is C[C@H](CN)NCc1cccc2ncccc12. The first-order valence-corrected chi connectivity index (χ1v) is 5.57. The second-order valence-corrected chi connectivity index (χ2v) is 4.00. The fourth-order valence-corrected chi connectivity index (χ4v) is 1.69. The quantitative estimate of drug-likeness (QED) is 0.815. The van der Waals surface area contributed by atoms with Crippen LogP contribution in [0.15, 0.2) is 36.5 Å². The van der Waals surface area contributed by atoms with E-state index >= 15 is 0 Å². The summed E-state index contributed by atoms with van der Waals surface area (Å²) in [6, 6.07) is 10.6. The van der Waals surface area contributed by atoms with Gasteiger partial charge in [0, 0.05) is 30.7 Å². The molecule has 2 rings (SSSR count). The Hall–Kier alpha value is -1.45. The Labute approximate surface area is 95.7 Å². The van der Waals surface area contributed by atoms with Crippen LogP contribution in [-0.4, -0.2) is 17.6 Å². The molecule has 84 valence electrons. The van der Waals surface area contributed by atoms with E-state index in [0.717, 1.165) is 12.1 Å². The Balaban J connectivity index is 2.23. The summed E-state index contributed by atoms with van der Waals surface area (Å²) in [5, 5.41) is 4.60. The zero-order chi connectivity index (χ0) is 11.4. The third-order valence-corrected chi connectivity index (χ3v) is 2.73. The molecule has 1 atom stereocenters. The number of aromatic nitrogens is 1. The van der Waals surface area contributed by atoms with Crippen molar-refractivity contribution in [2.45, 2.75) is 19.5 Å². The predicted molar refractivity (Wildman–Crippen MR) is 67.1 cm³/mol. The number of hydrogen-bond acceptors (Lipinski definition) is 3. The van der Waals surface area contributed by atoms with Crippen LogP contribution in [0.5, 0.6) is 0 Å². The van der Waals surface area contributed by atoms with Crippen molar-refractivity contribution >= 4 is 10.9 Å². The van der Waals surface area contributed by atoms with Gasteiger partial charge in [0.05, 0.1) is 5.52 Å². The molecular weight excluding hydrogens is 198 g/mol. The van der Waals surface area contributed by atoms with Crippen molar-refractivity contribution in [1.82, 2.24) is 10.3 Å². The van der Waals surface area contributed by atoms with Crippen LogP contribution in [0.1, 0.15) is 12.5 Å². The minimum absolute atomic E-state index is 0.340. The first kappa shape index (κ1) is 11.0. The van der Waals surface area contributed by atoms with Crippen LogP contribution in [0, 0.1) is 0 Å². The highest BCUT2D eigenvalue weighted by Gasteiger charge is 2.02. The van der Waals surface area contributed by atoms with Crippen molar-refractivity contribution in [3.8, 4) is 0 Å². The highest BCUT2D eigenvalue weighted by atomic mass is 14.9. The topological polar surface area (TPSA) is 50.9 Å². The summed E-state index contributed by atoms with van der Waals surface area (Å²) < 4.78 is 0. The number of pyridine rings is 1. The highest BCUT2D eigenvalue weighted by molar-refractivity contribution is 5.81. The lowest BCUT2D eigenvalue weighted by Crippen LogP contribution is -2.32. The van der Waals surface area contributed by atoms with E-state index in [2.05, 4.69) is 29.4 Å². The Morgan fingerprint density at radius 2 is 2.19 bits per heavy atom. The molecule has 0 unspecified atom stereocenters. The van der Waals surface area contributed by atoms with Crippen LogP contribution in [0.3, 0.4) is 0 Å². The monoisotopic (exact) mass is 215 g/mol. The van der Waals surface area contributed by atoms with Gasteiger partial charge in [0.15, 0.2) is 0 Å². The molecule has 0 fully saturated rings. The summed E-state index contributed by atoms with van der Waals surface area (Å²) in [6.45, 7) is 3.58. The molecule has 0 spiro atoms. The smallest absolute Gasteiger partial charge is 0.0705 e. The summed E-state index contributed by atoms with van der Waals surface area (Å²) in [6.07, 6.45) is 1.82. The van der Waals surface area contributed by atoms with E-state index in [1.54, 1.807) is 0 Å². The molecule has 0 radical (unpaired) electrons. The largest absolute Gasteiger partial charge is 0.329 e. The lowest BCUT2D eigenvalue weighted by atomic mass is 10.1. The van der Waals surface area contributed by atoms with Crippen molar-refractivity contribution in [2.24, 2.45) is 5.73 Å². The third-order valence-electron chi connectivity index (χ3n) is 2.73. The summed E-state index contributed by atoms with van der Waals surface area (Å²) in [5.41, 5.74) is 7.89. The molecule has 1 aromatic heterocycles. The number of nitrogens with one attached hydrogen (secondary N) is 1. The normalized spacial score (nSPS) is 12.9. The number of hydrogen-bond donors (Lipinski definition) is 2. The van der Waals surface area contributed by atoms with Crippen molar-refractivity contribution < 1.29 is 0 Å². The second-order valence-electron chi connectivity index (χ2n) is 4.00. The zero-order valence-corrected chi connectivity index (χ0v) is 9.48. The number of fused-ring (bicyclic) bond motifs is 1. The van der Waals surface area contributed by atoms with E-state index < -0.39 is 0 Å². The second kappa shape index (κ2) is 5.05. The summed E-state index contributed by atoms with van der Waals surface area (Å²) >= 11 is 0. The minimum Gasteiger partial charge on any atom is -0.329 e. The Morgan fingerprint density at radius 1 is 1.31 bits per heavy atom. The molecule has 3 nitrogen and oxygen atoms in total. The van der Waals surface area contributed by atoms with E-state index in [9.17, 15) is 0 Å². The number of benzene rings is 1. The lowest BCUT2D eigenvalue weighted by Gasteiger charge is -2.12. The molecule has 0 saturated heterocycles. The summed E-state index contributed by atoms with van der Waals surface area (Å²) in [4.78, 5) is 4.34. The van der Waals surface area contributed by atoms with Crippen LogP contribution < -0.4 is 11.1 Å². The summed E-state index contributed by atoms with van der Waals surface area (Å²) in [7, 11) is 0. The van der Waals surface area contributed by atoms with Crippen LogP contribution in [0.25, 0.3) is 10.9 Å². The predicted octanol–water partition coefficient (Wildman–Crippen LogP) is 1.67. The average Bonchev–Trinajstić information content (AvgIpc) is 2.35. The van der Waals surface area contributed by atoms with Gasteiger partial charge in [-0.05, 0) is 24.6 Å². The molecule has 1 aromatic carbocycles. The molecule has 3 N–H and O–H groups in total. The minimum atomic E-state index is 0.340. The Morgan fingerprint density at radius 3 is 3.00 bits per heavy atom. The number of rotatable bonds is 4. The average molecular weight is 215 g/mol. The van der Waals surface area contributed by atoms with E-state index in [-0.39, 0.29) is 0 Å². The molecular formula is C13H17N3. The van der Waals surface area contributed by atoms with Gasteiger partial charge < -0.3 is 11.1 Å². The fraction of sp³-hybridized carbons (Fsp3) is 0.308. The fourth-order valence-electron chi connectivity index (χ4n) is 1.69. The highest BCUT2D eigenvalue weighted by Crippen LogP contribution is 2.16. The van der Waals surface area contributed by atoms with Crippen LogP contribution in [0.4, 0.5) is 0 Å². The van der Waals surface area contributed by atoms with Gasteiger partial charge in [-0.3, -0.25) is 4.98 Å². The zero-order valence-electron chi connectivity index (χ0n) is 9.48. The van der Waals surface area contributed by atoms with Gasteiger partial charge >= 0.3 is 0 Å². The standard InChI is InChI=1S/C13H17N3/c1-10(8-14)16-9-11-4-2-6-13-12(11)5-3-7-15-13/h2-7,10,16H,8-9,14H2,1H3/t10-/m1/s1. The van der Waals surface area contributed by atoms with Crippen LogP contribution in [0.2, 0.25) is 0 Å². The molecule has 0 aliphatic carbocycles. The lowest BCUT2D eigenvalue weighted by molar-refractivity contribution is 0.558. The van der Waals surface area contributed by atoms with E-state index in [0.29, 0.717) is 12.6 Å². The Kier molecular flexibility index (Phi) is 3.49. The van der Waals surface area contributed by atoms with Gasteiger partial charge in [-0.25, -0.2) is 0 Å². The van der Waals surface area contributed by atoms with Gasteiger partial charge in [0.25, 0.3) is 0 Å². The van der Waals surface area contributed by atoms with Crippen molar-refractivity contribution in [1.29, 1.82) is 0 Å². The molecule has 0 amide bonds. The molecule has 1 heterocycles. The molecule has 0 aliphatic heterocycles. The molecule has 16 heavy (non-hydrogen) atoms. The third kappa shape index (κ3) is 2.38. The molecule has 3 heteroatoms. The molecule has 0 bridgehead atoms. The Bertz CT molecular complexity index is 462. The van der Waals surface area contributed by atoms with Crippen molar-refractivity contribution in [2.75, 3.05) is 6.54 Å².